The van der Waals surface area contributed by atoms with Crippen LogP contribution in [0.15, 0.2) is 24.4 Å². The first kappa shape index (κ1) is 13.1. The van der Waals surface area contributed by atoms with Crippen molar-refractivity contribution in [3.63, 3.8) is 0 Å². The number of hydrogen-bond acceptors (Lipinski definition) is 2. The molecule has 0 fully saturated rings. The standard InChI is InChI=1S/C13H13FN2O3/c1-7(17)16-12(13(18)19)4-8-6-15-11-3-2-9(14)5-10(8)11/h2-3,5-6,12,15H,4H2,1H3,(H,16,17)(H,18,19)/t12-/m0/s1. The Morgan fingerprint density at radius 2 is 2.21 bits per heavy atom. The van der Waals surface area contributed by atoms with Crippen LogP contribution in [0.5, 0.6) is 0 Å². The number of rotatable bonds is 4. The van der Waals surface area contributed by atoms with Crippen molar-refractivity contribution in [3.05, 3.63) is 35.8 Å². The van der Waals surface area contributed by atoms with Crippen LogP contribution in [-0.4, -0.2) is 28.0 Å². The first-order valence-electron chi connectivity index (χ1n) is 5.73. The molecular weight excluding hydrogens is 251 g/mol. The molecule has 6 heteroatoms. The van der Waals surface area contributed by atoms with Crippen molar-refractivity contribution in [2.45, 2.75) is 19.4 Å². The van der Waals surface area contributed by atoms with Gasteiger partial charge in [0.05, 0.1) is 0 Å². The largest absolute Gasteiger partial charge is 0.480 e. The zero-order valence-electron chi connectivity index (χ0n) is 10.2. The Kier molecular flexibility index (Phi) is 3.50. The van der Waals surface area contributed by atoms with E-state index >= 15 is 0 Å². The number of fused-ring (bicyclic) bond motifs is 1. The molecule has 2 rings (SSSR count). The highest BCUT2D eigenvalue weighted by Crippen LogP contribution is 2.20. The predicted molar refractivity (Wildman–Crippen MR) is 67.2 cm³/mol. The molecule has 1 amide bonds. The Balaban J connectivity index is 2.31. The first-order chi connectivity index (χ1) is 8.97. The second kappa shape index (κ2) is 5.09. The molecule has 0 aliphatic heterocycles. The minimum atomic E-state index is -1.12. The Morgan fingerprint density at radius 1 is 1.47 bits per heavy atom. The average Bonchev–Trinajstić information content (AvgIpc) is 2.70. The highest BCUT2D eigenvalue weighted by molar-refractivity contribution is 5.86. The van der Waals surface area contributed by atoms with Crippen LogP contribution < -0.4 is 5.32 Å². The summed E-state index contributed by atoms with van der Waals surface area (Å²) >= 11 is 0. The van der Waals surface area contributed by atoms with Crippen molar-refractivity contribution in [1.29, 1.82) is 0 Å². The molecule has 1 atom stereocenters. The minimum absolute atomic E-state index is 0.0956. The number of carbonyl (C=O) groups excluding carboxylic acids is 1. The van der Waals surface area contributed by atoms with Crippen LogP contribution >= 0.6 is 0 Å². The van der Waals surface area contributed by atoms with Gasteiger partial charge in [0, 0.05) is 30.4 Å². The third-order valence-corrected chi connectivity index (χ3v) is 2.83. The molecule has 100 valence electrons. The summed E-state index contributed by atoms with van der Waals surface area (Å²) in [6, 6.07) is 3.22. The number of H-pyrrole nitrogens is 1. The van der Waals surface area contributed by atoms with E-state index in [9.17, 15) is 14.0 Å². The van der Waals surface area contributed by atoms with Gasteiger partial charge in [-0.3, -0.25) is 4.79 Å². The number of carbonyl (C=O) groups is 2. The topological polar surface area (TPSA) is 82.2 Å². The highest BCUT2D eigenvalue weighted by atomic mass is 19.1. The summed E-state index contributed by atoms with van der Waals surface area (Å²) in [5.41, 5.74) is 1.37. The lowest BCUT2D eigenvalue weighted by Gasteiger charge is -2.12. The van der Waals surface area contributed by atoms with E-state index in [1.807, 2.05) is 0 Å². The normalized spacial score (nSPS) is 12.3. The molecule has 1 aromatic heterocycles. The molecule has 0 bridgehead atoms. The van der Waals surface area contributed by atoms with Gasteiger partial charge in [-0.25, -0.2) is 9.18 Å². The maximum Gasteiger partial charge on any atom is 0.326 e. The van der Waals surface area contributed by atoms with Crippen LogP contribution in [0, 0.1) is 5.82 Å². The second-order valence-corrected chi connectivity index (χ2v) is 4.30. The van der Waals surface area contributed by atoms with Gasteiger partial charge in [-0.2, -0.15) is 0 Å². The molecule has 0 unspecified atom stereocenters. The third-order valence-electron chi connectivity index (χ3n) is 2.83. The summed E-state index contributed by atoms with van der Waals surface area (Å²) in [4.78, 5) is 25.0. The smallest absolute Gasteiger partial charge is 0.326 e. The van der Waals surface area contributed by atoms with Crippen LogP contribution in [0.1, 0.15) is 12.5 Å². The summed E-state index contributed by atoms with van der Waals surface area (Å²) < 4.78 is 13.2. The average molecular weight is 264 g/mol. The lowest BCUT2D eigenvalue weighted by molar-refractivity contribution is -0.141. The van der Waals surface area contributed by atoms with Gasteiger partial charge >= 0.3 is 5.97 Å². The number of aromatic amines is 1. The number of aliphatic carboxylic acids is 1. The number of nitrogens with one attached hydrogen (secondary N) is 2. The Labute approximate surface area is 108 Å². The number of hydrogen-bond donors (Lipinski definition) is 3. The van der Waals surface area contributed by atoms with E-state index in [1.54, 1.807) is 12.3 Å². The van der Waals surface area contributed by atoms with E-state index < -0.39 is 17.9 Å². The molecule has 1 aromatic carbocycles. The van der Waals surface area contributed by atoms with Crippen molar-refractivity contribution in [3.8, 4) is 0 Å². The molecule has 2 aromatic rings. The number of carboxylic acids is 1. The zero-order valence-corrected chi connectivity index (χ0v) is 10.2. The van der Waals surface area contributed by atoms with Crippen LogP contribution in [0.3, 0.4) is 0 Å². The monoisotopic (exact) mass is 264 g/mol. The molecule has 0 spiro atoms. The van der Waals surface area contributed by atoms with Gasteiger partial charge < -0.3 is 15.4 Å². The summed E-state index contributed by atoms with van der Waals surface area (Å²) in [5, 5.41) is 12.0. The summed E-state index contributed by atoms with van der Waals surface area (Å²) in [6.07, 6.45) is 1.72. The van der Waals surface area contributed by atoms with Crippen molar-refractivity contribution in [1.82, 2.24) is 10.3 Å². The number of halogens is 1. The summed E-state index contributed by atoms with van der Waals surface area (Å²) in [7, 11) is 0. The number of amides is 1. The number of aromatic nitrogens is 1. The highest BCUT2D eigenvalue weighted by Gasteiger charge is 2.20. The fraction of sp³-hybridized carbons (Fsp3) is 0.231. The number of carboxylic acid groups (broad SMARTS) is 1. The molecule has 19 heavy (non-hydrogen) atoms. The Morgan fingerprint density at radius 3 is 2.84 bits per heavy atom. The fourth-order valence-electron chi connectivity index (χ4n) is 1.98. The Hall–Kier alpha value is -2.37. The quantitative estimate of drug-likeness (QED) is 0.781. The molecular formula is C13H13FN2O3. The van der Waals surface area contributed by atoms with Gasteiger partial charge in [-0.1, -0.05) is 0 Å². The van der Waals surface area contributed by atoms with Gasteiger partial charge in [-0.05, 0) is 23.8 Å². The molecule has 0 aliphatic carbocycles. The number of benzene rings is 1. The third kappa shape index (κ3) is 2.90. The van der Waals surface area contributed by atoms with Crippen molar-refractivity contribution in [2.75, 3.05) is 0 Å². The molecule has 1 heterocycles. The van der Waals surface area contributed by atoms with Gasteiger partial charge in [0.25, 0.3) is 0 Å². The van der Waals surface area contributed by atoms with Crippen LogP contribution in [0.25, 0.3) is 10.9 Å². The van der Waals surface area contributed by atoms with E-state index in [0.717, 1.165) is 5.52 Å². The second-order valence-electron chi connectivity index (χ2n) is 4.30. The van der Waals surface area contributed by atoms with E-state index in [4.69, 9.17) is 5.11 Å². The molecule has 0 radical (unpaired) electrons. The van der Waals surface area contributed by atoms with Crippen molar-refractivity contribution >= 4 is 22.8 Å². The van der Waals surface area contributed by atoms with E-state index in [2.05, 4.69) is 10.3 Å². The van der Waals surface area contributed by atoms with Crippen molar-refractivity contribution in [2.24, 2.45) is 0 Å². The molecule has 0 saturated heterocycles. The lowest BCUT2D eigenvalue weighted by atomic mass is 10.0. The van der Waals surface area contributed by atoms with Crippen LogP contribution in [0.2, 0.25) is 0 Å². The molecule has 3 N–H and O–H groups in total. The maximum absolute atomic E-state index is 13.2. The molecule has 0 saturated carbocycles. The van der Waals surface area contributed by atoms with E-state index in [1.165, 1.54) is 19.1 Å². The Bertz CT molecular complexity index is 636. The lowest BCUT2D eigenvalue weighted by Crippen LogP contribution is -2.41. The molecule has 0 aliphatic rings. The van der Waals surface area contributed by atoms with E-state index in [0.29, 0.717) is 10.9 Å². The van der Waals surface area contributed by atoms with Crippen LogP contribution in [-0.2, 0) is 16.0 Å². The summed E-state index contributed by atoms with van der Waals surface area (Å²) in [6.45, 7) is 1.25. The van der Waals surface area contributed by atoms with Crippen molar-refractivity contribution < 1.29 is 19.1 Å². The maximum atomic E-state index is 13.2. The van der Waals surface area contributed by atoms with Gasteiger partial charge in [-0.15, -0.1) is 0 Å². The first-order valence-corrected chi connectivity index (χ1v) is 5.73. The SMILES string of the molecule is CC(=O)N[C@@H](Cc1c[nH]c2ccc(F)cc12)C(=O)O. The van der Waals surface area contributed by atoms with Gasteiger partial charge in [0.2, 0.25) is 5.91 Å². The van der Waals surface area contributed by atoms with Gasteiger partial charge in [0.1, 0.15) is 11.9 Å². The fourth-order valence-corrected chi connectivity index (χ4v) is 1.98. The molecule has 5 nitrogen and oxygen atoms in total. The van der Waals surface area contributed by atoms with E-state index in [-0.39, 0.29) is 12.2 Å². The van der Waals surface area contributed by atoms with Crippen LogP contribution in [0.4, 0.5) is 4.39 Å². The predicted octanol–water partition coefficient (Wildman–Crippen LogP) is 1.44. The zero-order chi connectivity index (χ0) is 14.0. The van der Waals surface area contributed by atoms with Gasteiger partial charge in [0.15, 0.2) is 0 Å². The summed E-state index contributed by atoms with van der Waals surface area (Å²) in [5.74, 6) is -1.93. The minimum Gasteiger partial charge on any atom is -0.480 e.